The van der Waals surface area contributed by atoms with E-state index in [0.29, 0.717) is 28.0 Å². The van der Waals surface area contributed by atoms with Crippen molar-refractivity contribution in [1.29, 1.82) is 0 Å². The first-order valence-electron chi connectivity index (χ1n) is 12.7. The van der Waals surface area contributed by atoms with Gasteiger partial charge in [-0.15, -0.1) is 0 Å². The molecule has 7 heteroatoms. The number of Topliss-reactive ketones (excluding diaryl/α,β-unsaturated/α-hetero) is 1. The lowest BCUT2D eigenvalue weighted by Crippen LogP contribution is -2.29. The second kappa shape index (κ2) is 11.1. The van der Waals surface area contributed by atoms with E-state index in [-0.39, 0.29) is 23.7 Å². The topological polar surface area (TPSA) is 70.1 Å². The molecule has 3 aromatic rings. The van der Waals surface area contributed by atoms with Gasteiger partial charge < -0.3 is 19.6 Å². The van der Waals surface area contributed by atoms with Crippen LogP contribution in [0.3, 0.4) is 0 Å². The SMILES string of the molecule is CCN(CC)c1ccc(C2/C(=C(\O)c3cc(C)c(OC)cc3C)C(=O)C(=O)N2Cc2ccc(F)cc2)cc1. The Morgan fingerprint density at radius 3 is 2.18 bits per heavy atom. The van der Waals surface area contributed by atoms with Gasteiger partial charge in [0.2, 0.25) is 0 Å². The first-order valence-corrected chi connectivity index (χ1v) is 12.7. The summed E-state index contributed by atoms with van der Waals surface area (Å²) in [4.78, 5) is 30.4. The monoisotopic (exact) mass is 516 g/mol. The van der Waals surface area contributed by atoms with Crippen molar-refractivity contribution < 1.29 is 23.8 Å². The molecule has 6 nitrogen and oxygen atoms in total. The zero-order valence-corrected chi connectivity index (χ0v) is 22.4. The van der Waals surface area contributed by atoms with Gasteiger partial charge in [0.1, 0.15) is 17.3 Å². The van der Waals surface area contributed by atoms with Gasteiger partial charge in [0, 0.05) is 30.9 Å². The molecule has 1 saturated heterocycles. The van der Waals surface area contributed by atoms with Gasteiger partial charge in [-0.05, 0) is 86.3 Å². The Labute approximate surface area is 223 Å². The fraction of sp³-hybridized carbons (Fsp3) is 0.290. The van der Waals surface area contributed by atoms with Crippen LogP contribution in [0.25, 0.3) is 5.76 Å². The number of anilines is 1. The molecule has 198 valence electrons. The van der Waals surface area contributed by atoms with Crippen molar-refractivity contribution in [2.75, 3.05) is 25.1 Å². The van der Waals surface area contributed by atoms with Crippen molar-refractivity contribution in [3.8, 4) is 5.75 Å². The van der Waals surface area contributed by atoms with Gasteiger partial charge in [-0.1, -0.05) is 24.3 Å². The molecule has 0 bridgehead atoms. The van der Waals surface area contributed by atoms with Crippen molar-refractivity contribution in [2.45, 2.75) is 40.3 Å². The van der Waals surface area contributed by atoms with E-state index in [0.717, 1.165) is 24.3 Å². The number of nitrogens with zero attached hydrogens (tertiary/aromatic N) is 2. The number of amides is 1. The summed E-state index contributed by atoms with van der Waals surface area (Å²) in [7, 11) is 1.57. The van der Waals surface area contributed by atoms with Crippen LogP contribution in [0, 0.1) is 19.7 Å². The van der Waals surface area contributed by atoms with Crippen molar-refractivity contribution in [3.63, 3.8) is 0 Å². The predicted molar refractivity (Wildman–Crippen MR) is 147 cm³/mol. The Hall–Kier alpha value is -4.13. The Morgan fingerprint density at radius 1 is 0.974 bits per heavy atom. The first kappa shape index (κ1) is 26.9. The third-order valence-corrected chi connectivity index (χ3v) is 7.14. The number of carbonyl (C=O) groups excluding carboxylic acids is 2. The number of halogens is 1. The molecule has 1 atom stereocenters. The summed E-state index contributed by atoms with van der Waals surface area (Å²) in [6.07, 6.45) is 0. The molecule has 38 heavy (non-hydrogen) atoms. The molecule has 1 N–H and O–H groups in total. The van der Waals surface area contributed by atoms with Crippen LogP contribution in [0.4, 0.5) is 10.1 Å². The summed E-state index contributed by atoms with van der Waals surface area (Å²) in [5.74, 6) is -1.41. The van der Waals surface area contributed by atoms with Gasteiger partial charge in [0.15, 0.2) is 0 Å². The van der Waals surface area contributed by atoms with E-state index in [1.54, 1.807) is 31.4 Å². The van der Waals surface area contributed by atoms with E-state index in [4.69, 9.17) is 4.74 Å². The lowest BCUT2D eigenvalue weighted by molar-refractivity contribution is -0.140. The highest BCUT2D eigenvalue weighted by Gasteiger charge is 2.46. The number of hydrogen-bond donors (Lipinski definition) is 1. The highest BCUT2D eigenvalue weighted by Crippen LogP contribution is 2.41. The Bertz CT molecular complexity index is 1380. The molecule has 1 aliphatic rings. The summed E-state index contributed by atoms with van der Waals surface area (Å²) in [5, 5.41) is 11.5. The minimum absolute atomic E-state index is 0.0281. The Morgan fingerprint density at radius 2 is 1.61 bits per heavy atom. The van der Waals surface area contributed by atoms with E-state index >= 15 is 0 Å². The number of ether oxygens (including phenoxy) is 1. The zero-order chi connectivity index (χ0) is 27.6. The Balaban J connectivity index is 1.87. The number of benzene rings is 3. The minimum Gasteiger partial charge on any atom is -0.507 e. The predicted octanol–water partition coefficient (Wildman–Crippen LogP) is 5.92. The van der Waals surface area contributed by atoms with Crippen LogP contribution in [0.5, 0.6) is 5.75 Å². The molecule has 0 radical (unpaired) electrons. The first-order chi connectivity index (χ1) is 18.2. The molecule has 0 spiro atoms. The third kappa shape index (κ3) is 5.01. The van der Waals surface area contributed by atoms with Crippen LogP contribution in [-0.4, -0.2) is 41.9 Å². The molecule has 1 aliphatic heterocycles. The van der Waals surface area contributed by atoms with Gasteiger partial charge in [0.25, 0.3) is 11.7 Å². The summed E-state index contributed by atoms with van der Waals surface area (Å²) >= 11 is 0. The number of methoxy groups -OCH3 is 1. The van der Waals surface area contributed by atoms with Crippen LogP contribution >= 0.6 is 0 Å². The standard InChI is InChI=1S/C31H33FN2O4/c1-6-33(7-2)24-14-10-22(11-15-24)28-27(29(35)25-16-20(4)26(38-5)17-19(25)3)30(36)31(37)34(28)18-21-8-12-23(32)13-9-21/h8-17,28,35H,6-7,18H2,1-5H3/b29-27+. The van der Waals surface area contributed by atoms with Crippen LogP contribution in [0.2, 0.25) is 0 Å². The van der Waals surface area contributed by atoms with Crippen LogP contribution in [0.15, 0.2) is 66.2 Å². The lowest BCUT2D eigenvalue weighted by atomic mass is 9.92. The highest BCUT2D eigenvalue weighted by atomic mass is 19.1. The van der Waals surface area contributed by atoms with Gasteiger partial charge >= 0.3 is 0 Å². The maximum Gasteiger partial charge on any atom is 0.295 e. The number of aliphatic hydroxyl groups excluding tert-OH is 1. The van der Waals surface area contributed by atoms with Crippen LogP contribution in [0.1, 0.15) is 47.7 Å². The molecule has 0 aliphatic carbocycles. The van der Waals surface area contributed by atoms with Gasteiger partial charge in [-0.2, -0.15) is 0 Å². The quantitative estimate of drug-likeness (QED) is 0.229. The molecule has 0 saturated carbocycles. The van der Waals surface area contributed by atoms with Crippen LogP contribution in [-0.2, 0) is 16.1 Å². The summed E-state index contributed by atoms with van der Waals surface area (Å²) in [6, 6.07) is 16.3. The number of aliphatic hydroxyl groups is 1. The smallest absolute Gasteiger partial charge is 0.295 e. The number of carbonyl (C=O) groups is 2. The highest BCUT2D eigenvalue weighted by molar-refractivity contribution is 6.46. The molecule has 4 rings (SSSR count). The third-order valence-electron chi connectivity index (χ3n) is 7.14. The average Bonchev–Trinajstić information content (AvgIpc) is 3.16. The summed E-state index contributed by atoms with van der Waals surface area (Å²) in [5.41, 5.74) is 4.40. The maximum absolute atomic E-state index is 13.5. The molecular weight excluding hydrogens is 483 g/mol. The summed E-state index contributed by atoms with van der Waals surface area (Å²) in [6.45, 7) is 9.60. The van der Waals surface area contributed by atoms with E-state index in [9.17, 15) is 19.1 Å². The largest absolute Gasteiger partial charge is 0.507 e. The fourth-order valence-corrected chi connectivity index (χ4v) is 5.04. The number of ketones is 1. The molecule has 1 fully saturated rings. The number of likely N-dealkylation sites (tertiary alicyclic amines) is 1. The van der Waals surface area contributed by atoms with E-state index in [1.165, 1.54) is 17.0 Å². The normalized spacial score (nSPS) is 16.7. The lowest BCUT2D eigenvalue weighted by Gasteiger charge is -2.27. The van der Waals surface area contributed by atoms with Crippen molar-refractivity contribution in [3.05, 3.63) is 99.9 Å². The molecule has 3 aromatic carbocycles. The maximum atomic E-state index is 13.5. The van der Waals surface area contributed by atoms with E-state index in [1.807, 2.05) is 38.1 Å². The molecule has 1 heterocycles. The fourth-order valence-electron chi connectivity index (χ4n) is 5.04. The van der Waals surface area contributed by atoms with Crippen molar-refractivity contribution >= 4 is 23.1 Å². The van der Waals surface area contributed by atoms with Crippen molar-refractivity contribution in [2.24, 2.45) is 0 Å². The summed E-state index contributed by atoms with van der Waals surface area (Å²) < 4.78 is 18.9. The minimum atomic E-state index is -0.812. The second-order valence-electron chi connectivity index (χ2n) is 9.45. The van der Waals surface area contributed by atoms with E-state index < -0.39 is 17.7 Å². The number of rotatable bonds is 8. The van der Waals surface area contributed by atoms with Gasteiger partial charge in [0.05, 0.1) is 18.7 Å². The van der Waals surface area contributed by atoms with Crippen molar-refractivity contribution in [1.82, 2.24) is 4.90 Å². The number of aryl methyl sites for hydroxylation is 2. The Kier molecular flexibility index (Phi) is 7.86. The zero-order valence-electron chi connectivity index (χ0n) is 22.4. The molecule has 0 aromatic heterocycles. The van der Waals surface area contributed by atoms with E-state index in [2.05, 4.69) is 18.7 Å². The number of hydrogen-bond acceptors (Lipinski definition) is 5. The van der Waals surface area contributed by atoms with Gasteiger partial charge in [-0.25, -0.2) is 4.39 Å². The second-order valence-corrected chi connectivity index (χ2v) is 9.45. The van der Waals surface area contributed by atoms with Crippen LogP contribution < -0.4 is 9.64 Å². The molecule has 1 unspecified atom stereocenters. The molecule has 1 amide bonds. The molecular formula is C31H33FN2O4. The average molecular weight is 517 g/mol. The van der Waals surface area contributed by atoms with Gasteiger partial charge in [-0.3, -0.25) is 9.59 Å².